The summed E-state index contributed by atoms with van der Waals surface area (Å²) < 4.78 is 27.0. The van der Waals surface area contributed by atoms with Crippen LogP contribution in [0, 0.1) is 5.92 Å². The minimum Gasteiger partial charge on any atom is -0.481 e. The second-order valence-corrected chi connectivity index (χ2v) is 7.06. The average molecular weight is 307 g/mol. The third-order valence-corrected chi connectivity index (χ3v) is 5.63. The summed E-state index contributed by atoms with van der Waals surface area (Å²) in [6.07, 6.45) is 0.859. The van der Waals surface area contributed by atoms with Crippen molar-refractivity contribution in [3.05, 3.63) is 0 Å². The minimum absolute atomic E-state index is 0.0518. The number of amides is 1. The zero-order valence-electron chi connectivity index (χ0n) is 11.7. The third-order valence-electron chi connectivity index (χ3n) is 3.56. The summed E-state index contributed by atoms with van der Waals surface area (Å²) in [5.74, 6) is -2.06. The second kappa shape index (κ2) is 6.51. The fourth-order valence-electron chi connectivity index (χ4n) is 2.18. The lowest BCUT2D eigenvalue weighted by molar-refractivity contribution is -0.137. The van der Waals surface area contributed by atoms with Gasteiger partial charge in [0.25, 0.3) is 10.2 Å². The Morgan fingerprint density at radius 2 is 2.00 bits per heavy atom. The summed E-state index contributed by atoms with van der Waals surface area (Å²) in [6, 6.07) is -0.233. The molecule has 0 aromatic heterocycles. The highest BCUT2D eigenvalue weighted by atomic mass is 32.2. The summed E-state index contributed by atoms with van der Waals surface area (Å²) in [4.78, 5) is 21.7. The summed E-state index contributed by atoms with van der Waals surface area (Å²) in [7, 11) is -2.45. The van der Waals surface area contributed by atoms with Gasteiger partial charge in [-0.2, -0.15) is 17.0 Å². The molecular formula is C11H21N3O5S. The van der Waals surface area contributed by atoms with E-state index >= 15 is 0 Å². The van der Waals surface area contributed by atoms with Crippen molar-refractivity contribution in [3.63, 3.8) is 0 Å². The standard InChI is InChI=1S/C11H21N3O5S/c1-8-3-4-9(11(12)17)7-14(8)20(18,19)13(2)6-5-10(15)16/h8-9H,3-7H2,1-2H3,(H2,12,17)(H,15,16). The maximum Gasteiger partial charge on any atom is 0.304 e. The SMILES string of the molecule is CC1CCC(C(N)=O)CN1S(=O)(=O)N(C)CCC(=O)O. The second-order valence-electron chi connectivity index (χ2n) is 5.07. The molecule has 0 aromatic rings. The van der Waals surface area contributed by atoms with E-state index in [1.807, 2.05) is 0 Å². The summed E-state index contributed by atoms with van der Waals surface area (Å²) in [6.45, 7) is 1.71. The van der Waals surface area contributed by atoms with Crippen LogP contribution in [0.15, 0.2) is 0 Å². The number of carbonyl (C=O) groups excluding carboxylic acids is 1. The number of aliphatic carboxylic acids is 1. The van der Waals surface area contributed by atoms with Crippen molar-refractivity contribution in [2.24, 2.45) is 11.7 Å². The molecule has 0 spiro atoms. The first-order valence-electron chi connectivity index (χ1n) is 6.40. The molecule has 0 bridgehead atoms. The maximum atomic E-state index is 12.4. The fourth-order valence-corrected chi connectivity index (χ4v) is 3.78. The first kappa shape index (κ1) is 16.9. The van der Waals surface area contributed by atoms with Gasteiger partial charge in [-0.1, -0.05) is 0 Å². The van der Waals surface area contributed by atoms with Crippen LogP contribution in [-0.4, -0.2) is 60.2 Å². The lowest BCUT2D eigenvalue weighted by Gasteiger charge is -2.37. The van der Waals surface area contributed by atoms with Crippen molar-refractivity contribution in [2.45, 2.75) is 32.2 Å². The highest BCUT2D eigenvalue weighted by Gasteiger charge is 2.37. The molecule has 0 radical (unpaired) electrons. The van der Waals surface area contributed by atoms with E-state index in [1.54, 1.807) is 6.92 Å². The van der Waals surface area contributed by atoms with E-state index in [4.69, 9.17) is 10.8 Å². The van der Waals surface area contributed by atoms with Crippen LogP contribution in [0.1, 0.15) is 26.2 Å². The highest BCUT2D eigenvalue weighted by molar-refractivity contribution is 7.86. The first-order chi connectivity index (χ1) is 9.16. The molecule has 3 N–H and O–H groups in total. The van der Waals surface area contributed by atoms with Gasteiger partial charge in [-0.05, 0) is 19.8 Å². The van der Waals surface area contributed by atoms with E-state index < -0.39 is 28.0 Å². The van der Waals surface area contributed by atoms with Crippen LogP contribution in [0.2, 0.25) is 0 Å². The Labute approximate surface area is 118 Å². The Kier molecular flexibility index (Phi) is 5.49. The number of carbonyl (C=O) groups is 2. The zero-order valence-corrected chi connectivity index (χ0v) is 12.5. The van der Waals surface area contributed by atoms with Crippen LogP contribution < -0.4 is 5.73 Å². The van der Waals surface area contributed by atoms with Crippen molar-refractivity contribution in [1.29, 1.82) is 0 Å². The lowest BCUT2D eigenvalue weighted by atomic mass is 9.95. The van der Waals surface area contributed by atoms with E-state index in [2.05, 4.69) is 0 Å². The number of rotatable bonds is 6. The molecule has 1 saturated heterocycles. The Morgan fingerprint density at radius 3 is 2.50 bits per heavy atom. The number of nitrogens with two attached hydrogens (primary N) is 1. The van der Waals surface area contributed by atoms with E-state index in [0.29, 0.717) is 12.8 Å². The fraction of sp³-hybridized carbons (Fsp3) is 0.818. The molecule has 1 rings (SSSR count). The molecule has 1 fully saturated rings. The first-order valence-corrected chi connectivity index (χ1v) is 7.80. The molecule has 2 atom stereocenters. The molecule has 1 aliphatic rings. The number of hydrogen-bond donors (Lipinski definition) is 2. The van der Waals surface area contributed by atoms with E-state index in [-0.39, 0.29) is 25.6 Å². The van der Waals surface area contributed by atoms with Crippen molar-refractivity contribution in [3.8, 4) is 0 Å². The molecule has 1 aliphatic heterocycles. The van der Waals surface area contributed by atoms with E-state index in [9.17, 15) is 18.0 Å². The molecule has 0 aromatic carbocycles. The largest absolute Gasteiger partial charge is 0.481 e. The normalized spacial score (nSPS) is 24.8. The van der Waals surface area contributed by atoms with Gasteiger partial charge in [-0.15, -0.1) is 0 Å². The van der Waals surface area contributed by atoms with Crippen LogP contribution in [-0.2, 0) is 19.8 Å². The quantitative estimate of drug-likeness (QED) is 0.667. The molecular weight excluding hydrogens is 286 g/mol. The number of carboxylic acids is 1. The van der Waals surface area contributed by atoms with Crippen LogP contribution in [0.25, 0.3) is 0 Å². The average Bonchev–Trinajstić information content (AvgIpc) is 2.35. The summed E-state index contributed by atoms with van der Waals surface area (Å²) in [5, 5.41) is 8.61. The Hall–Kier alpha value is -1.19. The monoisotopic (exact) mass is 307 g/mol. The number of hydrogen-bond acceptors (Lipinski definition) is 4. The van der Waals surface area contributed by atoms with Gasteiger partial charge in [-0.25, -0.2) is 0 Å². The molecule has 1 heterocycles. The maximum absolute atomic E-state index is 12.4. The van der Waals surface area contributed by atoms with Crippen LogP contribution in [0.5, 0.6) is 0 Å². The number of primary amides is 1. The summed E-state index contributed by atoms with van der Waals surface area (Å²) in [5.41, 5.74) is 5.24. The van der Waals surface area contributed by atoms with Gasteiger partial charge in [0.2, 0.25) is 5.91 Å². The molecule has 8 nitrogen and oxygen atoms in total. The van der Waals surface area contributed by atoms with Crippen molar-refractivity contribution < 1.29 is 23.1 Å². The summed E-state index contributed by atoms with van der Waals surface area (Å²) >= 11 is 0. The molecule has 20 heavy (non-hydrogen) atoms. The van der Waals surface area contributed by atoms with Gasteiger partial charge in [0, 0.05) is 26.2 Å². The van der Waals surface area contributed by atoms with Gasteiger partial charge < -0.3 is 10.8 Å². The molecule has 116 valence electrons. The molecule has 2 unspecified atom stereocenters. The van der Waals surface area contributed by atoms with Crippen LogP contribution >= 0.6 is 0 Å². The lowest BCUT2D eigenvalue weighted by Crippen LogP contribution is -2.52. The Balaban J connectivity index is 2.83. The number of piperidine rings is 1. The van der Waals surface area contributed by atoms with Crippen molar-refractivity contribution >= 4 is 22.1 Å². The van der Waals surface area contributed by atoms with Crippen molar-refractivity contribution in [2.75, 3.05) is 20.1 Å². The smallest absolute Gasteiger partial charge is 0.304 e. The molecule has 0 aliphatic carbocycles. The van der Waals surface area contributed by atoms with Gasteiger partial charge in [-0.3, -0.25) is 9.59 Å². The molecule has 9 heteroatoms. The number of nitrogens with zero attached hydrogens (tertiary/aromatic N) is 2. The minimum atomic E-state index is -3.78. The number of carboxylic acid groups (broad SMARTS) is 1. The predicted octanol–water partition coefficient (Wildman–Crippen LogP) is -0.776. The van der Waals surface area contributed by atoms with Crippen molar-refractivity contribution in [1.82, 2.24) is 8.61 Å². The molecule has 0 saturated carbocycles. The zero-order chi connectivity index (χ0) is 15.5. The van der Waals surface area contributed by atoms with Gasteiger partial charge >= 0.3 is 5.97 Å². The molecule has 1 amide bonds. The van der Waals surface area contributed by atoms with E-state index in [1.165, 1.54) is 11.4 Å². The Bertz CT molecular complexity index is 478. The van der Waals surface area contributed by atoms with E-state index in [0.717, 1.165) is 4.31 Å². The highest BCUT2D eigenvalue weighted by Crippen LogP contribution is 2.25. The van der Waals surface area contributed by atoms with Crippen LogP contribution in [0.3, 0.4) is 0 Å². The van der Waals surface area contributed by atoms with Crippen LogP contribution in [0.4, 0.5) is 0 Å². The van der Waals surface area contributed by atoms with Gasteiger partial charge in [0.1, 0.15) is 0 Å². The predicted molar refractivity (Wildman–Crippen MR) is 71.9 cm³/mol. The third kappa shape index (κ3) is 3.90. The Morgan fingerprint density at radius 1 is 1.40 bits per heavy atom. The van der Waals surface area contributed by atoms with Gasteiger partial charge in [0.05, 0.1) is 12.3 Å². The topological polar surface area (TPSA) is 121 Å². The van der Waals surface area contributed by atoms with Gasteiger partial charge in [0.15, 0.2) is 0 Å².